The number of imide groups is 1. The van der Waals surface area contributed by atoms with Gasteiger partial charge >= 0.3 is 0 Å². The first-order valence-electron chi connectivity index (χ1n) is 8.10. The number of benzene rings is 2. The third-order valence-electron chi connectivity index (χ3n) is 4.50. The van der Waals surface area contributed by atoms with Gasteiger partial charge in [-0.1, -0.05) is 5.22 Å². The Morgan fingerprint density at radius 1 is 0.926 bits per heavy atom. The predicted octanol–water partition coefficient (Wildman–Crippen LogP) is 2.34. The van der Waals surface area contributed by atoms with Crippen molar-refractivity contribution in [3.63, 3.8) is 0 Å². The monoisotopic (exact) mass is 370 g/mol. The Balaban J connectivity index is 1.68. The van der Waals surface area contributed by atoms with Crippen LogP contribution in [-0.2, 0) is 9.59 Å². The molecule has 2 heterocycles. The van der Waals surface area contributed by atoms with Gasteiger partial charge in [-0.05, 0) is 36.4 Å². The van der Waals surface area contributed by atoms with Crippen LogP contribution in [0.3, 0.4) is 0 Å². The predicted molar refractivity (Wildman–Crippen MR) is 93.4 cm³/mol. The molecule has 4 rings (SSSR count). The maximum absolute atomic E-state index is 13.2. The van der Waals surface area contributed by atoms with E-state index in [1.165, 1.54) is 43.5 Å². The van der Waals surface area contributed by atoms with Gasteiger partial charge in [0.05, 0.1) is 25.6 Å². The molecule has 8 nitrogen and oxygen atoms in total. The summed E-state index contributed by atoms with van der Waals surface area (Å²) in [6.07, 6.45) is 0. The first-order chi connectivity index (χ1) is 13.0. The number of hydrogen-bond donors (Lipinski definition) is 0. The van der Waals surface area contributed by atoms with Gasteiger partial charge in [0.1, 0.15) is 5.82 Å². The van der Waals surface area contributed by atoms with Crippen molar-refractivity contribution < 1.29 is 23.5 Å². The van der Waals surface area contributed by atoms with Crippen LogP contribution in [0.15, 0.2) is 52.8 Å². The molecule has 0 radical (unpaired) electrons. The maximum Gasteiger partial charge on any atom is 0.263 e. The third-order valence-corrected chi connectivity index (χ3v) is 4.50. The number of fused-ring (bicyclic) bond motifs is 1. The van der Waals surface area contributed by atoms with Crippen LogP contribution in [0.2, 0.25) is 0 Å². The van der Waals surface area contributed by atoms with Crippen molar-refractivity contribution in [3.8, 4) is 11.5 Å². The highest BCUT2D eigenvalue weighted by Crippen LogP contribution is 2.38. The zero-order valence-corrected chi connectivity index (χ0v) is 14.5. The lowest BCUT2D eigenvalue weighted by Gasteiger charge is -2.21. The van der Waals surface area contributed by atoms with Crippen LogP contribution in [0.25, 0.3) is 0 Å². The van der Waals surface area contributed by atoms with Gasteiger partial charge in [-0.25, -0.2) is 14.3 Å². The molecule has 1 fully saturated rings. The van der Waals surface area contributed by atoms with Gasteiger partial charge < -0.3 is 9.47 Å². The van der Waals surface area contributed by atoms with E-state index in [1.807, 2.05) is 0 Å². The summed E-state index contributed by atoms with van der Waals surface area (Å²) in [5, 5.41) is 9.35. The minimum absolute atomic E-state index is 0.295. The highest BCUT2D eigenvalue weighted by molar-refractivity contribution is 6.26. The molecule has 0 spiro atoms. The molecular weight excluding hydrogens is 355 g/mol. The van der Waals surface area contributed by atoms with Crippen LogP contribution in [0.4, 0.5) is 15.8 Å². The lowest BCUT2D eigenvalue weighted by Crippen LogP contribution is -2.39. The number of halogens is 1. The Bertz CT molecular complexity index is 947. The van der Waals surface area contributed by atoms with Crippen molar-refractivity contribution in [2.24, 2.45) is 10.3 Å². The quantitative estimate of drug-likeness (QED) is 0.772. The molecule has 0 N–H and O–H groups in total. The molecule has 138 valence electrons. The minimum atomic E-state index is -0.948. The molecule has 0 saturated carbocycles. The fourth-order valence-corrected chi connectivity index (χ4v) is 3.19. The van der Waals surface area contributed by atoms with Gasteiger partial charge in [-0.2, -0.15) is 5.11 Å². The van der Waals surface area contributed by atoms with Crippen LogP contribution in [-0.4, -0.2) is 38.1 Å². The number of hydrogen-bond acceptors (Lipinski definition) is 7. The van der Waals surface area contributed by atoms with E-state index in [-0.39, 0.29) is 0 Å². The van der Waals surface area contributed by atoms with Gasteiger partial charge in [0.2, 0.25) is 0 Å². The molecular formula is C18H15FN4O4. The van der Waals surface area contributed by atoms with Crippen molar-refractivity contribution in [1.29, 1.82) is 0 Å². The molecule has 2 aromatic carbocycles. The summed E-state index contributed by atoms with van der Waals surface area (Å²) in [6.45, 7) is 0. The number of amides is 2. The number of nitrogens with zero attached hydrogens (tertiary/aromatic N) is 4. The van der Waals surface area contributed by atoms with E-state index >= 15 is 0 Å². The minimum Gasteiger partial charge on any atom is -0.493 e. The van der Waals surface area contributed by atoms with Crippen LogP contribution >= 0.6 is 0 Å². The largest absolute Gasteiger partial charge is 0.493 e. The van der Waals surface area contributed by atoms with E-state index in [1.54, 1.807) is 18.2 Å². The first kappa shape index (κ1) is 17.0. The second-order valence-electron chi connectivity index (χ2n) is 5.97. The summed E-state index contributed by atoms with van der Waals surface area (Å²) in [6, 6.07) is 8.32. The van der Waals surface area contributed by atoms with Gasteiger partial charge in [0.25, 0.3) is 11.8 Å². The van der Waals surface area contributed by atoms with Crippen LogP contribution in [0.1, 0.15) is 0 Å². The van der Waals surface area contributed by atoms with Crippen molar-refractivity contribution in [1.82, 2.24) is 0 Å². The lowest BCUT2D eigenvalue weighted by atomic mass is 10.1. The van der Waals surface area contributed by atoms with E-state index in [9.17, 15) is 14.0 Å². The summed E-state index contributed by atoms with van der Waals surface area (Å²) in [5.41, 5.74) is 0.828. The topological polar surface area (TPSA) is 83.8 Å². The molecule has 2 aromatic rings. The summed E-state index contributed by atoms with van der Waals surface area (Å²) in [7, 11) is 3.01. The molecule has 9 heteroatoms. The van der Waals surface area contributed by atoms with Gasteiger partial charge in [-0.3, -0.25) is 9.59 Å². The van der Waals surface area contributed by atoms with Gasteiger partial charge in [-0.15, -0.1) is 0 Å². The number of carbonyl (C=O) groups is 2. The van der Waals surface area contributed by atoms with Gasteiger partial charge in [0, 0.05) is 6.07 Å². The molecule has 0 unspecified atom stereocenters. The molecule has 0 aromatic heterocycles. The molecule has 1 saturated heterocycles. The lowest BCUT2D eigenvalue weighted by molar-refractivity contribution is -0.121. The molecule has 2 atom stereocenters. The standard InChI is InChI=1S/C18H15FN4O4/c1-26-13-8-7-12(9-14(13)27-2)23-16-15(20-21-23)17(24)22(18(16)25)11-5-3-10(19)4-6-11/h3-9,15-16H,1-2H3/t15-,16+/m1/s1. The van der Waals surface area contributed by atoms with Crippen LogP contribution < -0.4 is 19.4 Å². The average Bonchev–Trinajstić information content (AvgIpc) is 3.23. The van der Waals surface area contributed by atoms with E-state index in [4.69, 9.17) is 9.47 Å². The van der Waals surface area contributed by atoms with Crippen molar-refractivity contribution in [2.75, 3.05) is 24.1 Å². The highest BCUT2D eigenvalue weighted by Gasteiger charge is 2.55. The number of rotatable bonds is 4. The molecule has 2 aliphatic heterocycles. The molecule has 0 aliphatic carbocycles. The fraction of sp³-hybridized carbons (Fsp3) is 0.222. The van der Waals surface area contributed by atoms with Gasteiger partial charge in [0.15, 0.2) is 23.6 Å². The Hall–Kier alpha value is -3.49. The second-order valence-corrected chi connectivity index (χ2v) is 5.97. The number of anilines is 2. The SMILES string of the molecule is COc1ccc(N2N=N[C@H]3C(=O)N(c4ccc(F)cc4)C(=O)[C@H]32)cc1OC. The van der Waals surface area contributed by atoms with E-state index in [0.29, 0.717) is 22.9 Å². The summed E-state index contributed by atoms with van der Waals surface area (Å²) >= 11 is 0. The summed E-state index contributed by atoms with van der Waals surface area (Å²) < 4.78 is 23.6. The highest BCUT2D eigenvalue weighted by atomic mass is 19.1. The van der Waals surface area contributed by atoms with Crippen LogP contribution in [0.5, 0.6) is 11.5 Å². The van der Waals surface area contributed by atoms with E-state index in [2.05, 4.69) is 10.3 Å². The number of methoxy groups -OCH3 is 2. The molecule has 2 amide bonds. The average molecular weight is 370 g/mol. The first-order valence-corrected chi connectivity index (χ1v) is 8.10. The summed E-state index contributed by atoms with van der Waals surface area (Å²) in [5.74, 6) is -0.444. The van der Waals surface area contributed by atoms with E-state index in [0.717, 1.165) is 4.90 Å². The van der Waals surface area contributed by atoms with E-state index < -0.39 is 29.7 Å². The smallest absolute Gasteiger partial charge is 0.263 e. The number of ether oxygens (including phenoxy) is 2. The Kier molecular flexibility index (Phi) is 3.98. The zero-order valence-electron chi connectivity index (χ0n) is 14.5. The normalized spacial score (nSPS) is 21.0. The fourth-order valence-electron chi connectivity index (χ4n) is 3.19. The Labute approximate surface area is 153 Å². The van der Waals surface area contributed by atoms with Crippen molar-refractivity contribution in [2.45, 2.75) is 12.1 Å². The maximum atomic E-state index is 13.2. The van der Waals surface area contributed by atoms with Crippen molar-refractivity contribution in [3.05, 3.63) is 48.3 Å². The summed E-state index contributed by atoms with van der Waals surface area (Å²) in [4.78, 5) is 26.6. The Morgan fingerprint density at radius 3 is 2.26 bits per heavy atom. The Morgan fingerprint density at radius 2 is 1.59 bits per heavy atom. The third kappa shape index (κ3) is 2.59. The van der Waals surface area contributed by atoms with Crippen LogP contribution in [0, 0.1) is 5.82 Å². The molecule has 2 aliphatic rings. The molecule has 0 bridgehead atoms. The zero-order chi connectivity index (χ0) is 19.1. The second kappa shape index (κ2) is 6.35. The van der Waals surface area contributed by atoms with Crippen molar-refractivity contribution >= 4 is 23.2 Å². The molecule has 27 heavy (non-hydrogen) atoms. The number of carbonyl (C=O) groups excluding carboxylic acids is 2.